The summed E-state index contributed by atoms with van der Waals surface area (Å²) in [5.74, 6) is -3.97. The molecule has 12 heteroatoms. The van der Waals surface area contributed by atoms with Gasteiger partial charge in [-0.3, -0.25) is 28.8 Å². The van der Waals surface area contributed by atoms with Gasteiger partial charge in [-0.15, -0.1) is 0 Å². The molecule has 1 aliphatic heterocycles. The van der Waals surface area contributed by atoms with E-state index in [1.807, 2.05) is 0 Å². The molecule has 1 saturated heterocycles. The lowest BCUT2D eigenvalue weighted by molar-refractivity contribution is -0.138. The maximum Gasteiger partial charge on any atom is 0.247 e. The van der Waals surface area contributed by atoms with Crippen molar-refractivity contribution in [1.82, 2.24) is 26.6 Å². The Morgan fingerprint density at radius 1 is 1.00 bits per heavy atom. The second-order valence-electron chi connectivity index (χ2n) is 9.87. The smallest absolute Gasteiger partial charge is 0.247 e. The first-order chi connectivity index (χ1) is 17.9. The van der Waals surface area contributed by atoms with E-state index in [2.05, 4.69) is 26.6 Å². The third-order valence-corrected chi connectivity index (χ3v) is 6.37. The average molecular weight is 531 g/mol. The van der Waals surface area contributed by atoms with Crippen LogP contribution in [-0.2, 0) is 28.8 Å². The molecule has 0 spiro atoms. The molecule has 0 bridgehead atoms. The van der Waals surface area contributed by atoms with E-state index in [4.69, 9.17) is 5.73 Å². The first kappa shape index (κ1) is 30.3. The molecule has 0 saturated carbocycles. The number of rotatable bonds is 7. The maximum atomic E-state index is 13.4. The predicted octanol–water partition coefficient (Wildman–Crippen LogP) is -0.460. The molecule has 12 nitrogen and oxygen atoms in total. The molecule has 1 fully saturated rings. The summed E-state index contributed by atoms with van der Waals surface area (Å²) in [6.45, 7) is 6.50. The number of carbonyl (C=O) groups is 6. The Bertz CT molecular complexity index is 1050. The van der Waals surface area contributed by atoms with E-state index in [0.717, 1.165) is 0 Å². The van der Waals surface area contributed by atoms with Gasteiger partial charge in [0, 0.05) is 18.9 Å². The molecule has 2 rings (SSSR count). The first-order valence-corrected chi connectivity index (χ1v) is 12.7. The van der Waals surface area contributed by atoms with Gasteiger partial charge < -0.3 is 32.3 Å². The number of amides is 6. The molecule has 1 aromatic rings. The van der Waals surface area contributed by atoms with E-state index in [9.17, 15) is 28.8 Å². The normalized spacial score (nSPS) is 25.3. The van der Waals surface area contributed by atoms with Crippen LogP contribution in [0.5, 0.6) is 0 Å². The minimum atomic E-state index is -1.50. The maximum absolute atomic E-state index is 13.4. The van der Waals surface area contributed by atoms with Crippen LogP contribution in [0.25, 0.3) is 0 Å². The largest absolute Gasteiger partial charge is 0.370 e. The number of hydrogen-bond donors (Lipinski definition) is 6. The molecule has 1 heterocycles. The van der Waals surface area contributed by atoms with Crippen molar-refractivity contribution in [3.63, 3.8) is 0 Å². The van der Waals surface area contributed by atoms with Gasteiger partial charge >= 0.3 is 0 Å². The number of benzene rings is 1. The van der Waals surface area contributed by atoms with Crippen molar-refractivity contribution in [1.29, 1.82) is 0 Å². The third-order valence-electron chi connectivity index (χ3n) is 6.37. The fourth-order valence-corrected chi connectivity index (χ4v) is 3.87. The fraction of sp³-hybridized carbons (Fsp3) is 0.538. The van der Waals surface area contributed by atoms with Crippen LogP contribution in [-0.4, -0.2) is 59.6 Å². The van der Waals surface area contributed by atoms with Gasteiger partial charge in [-0.1, -0.05) is 51.1 Å². The van der Waals surface area contributed by atoms with E-state index < -0.39 is 65.0 Å². The first-order valence-electron chi connectivity index (χ1n) is 12.7. The van der Waals surface area contributed by atoms with Gasteiger partial charge in [-0.25, -0.2) is 0 Å². The number of carbonyl (C=O) groups excluding carboxylic acids is 6. The van der Waals surface area contributed by atoms with Gasteiger partial charge in [0.1, 0.15) is 23.7 Å². The van der Waals surface area contributed by atoms with Gasteiger partial charge in [-0.05, 0) is 31.7 Å². The molecule has 0 unspecified atom stereocenters. The lowest BCUT2D eigenvalue weighted by Crippen LogP contribution is -2.63. The molecular weight excluding hydrogens is 492 g/mol. The Hall–Kier alpha value is -3.96. The van der Waals surface area contributed by atoms with Crippen LogP contribution in [0.1, 0.15) is 65.0 Å². The van der Waals surface area contributed by atoms with Gasteiger partial charge in [0.25, 0.3) is 0 Å². The Kier molecular flexibility index (Phi) is 10.8. The zero-order chi connectivity index (χ0) is 28.5. The van der Waals surface area contributed by atoms with Crippen LogP contribution in [0, 0.1) is 5.92 Å². The molecule has 208 valence electrons. The highest BCUT2D eigenvalue weighted by atomic mass is 16.2. The molecule has 0 radical (unpaired) electrons. The van der Waals surface area contributed by atoms with E-state index >= 15 is 0 Å². The van der Waals surface area contributed by atoms with Crippen molar-refractivity contribution in [3.05, 3.63) is 35.9 Å². The monoisotopic (exact) mass is 530 g/mol. The molecule has 6 amide bonds. The van der Waals surface area contributed by atoms with E-state index in [1.165, 1.54) is 6.92 Å². The van der Waals surface area contributed by atoms with Crippen molar-refractivity contribution >= 4 is 35.4 Å². The highest BCUT2D eigenvalue weighted by Gasteiger charge is 2.39. The van der Waals surface area contributed by atoms with Crippen LogP contribution in [0.4, 0.5) is 0 Å². The summed E-state index contributed by atoms with van der Waals surface area (Å²) in [4.78, 5) is 76.9. The van der Waals surface area contributed by atoms with Gasteiger partial charge in [-0.2, -0.15) is 0 Å². The third kappa shape index (κ3) is 8.29. The number of nitrogens with one attached hydrogen (secondary N) is 5. The summed E-state index contributed by atoms with van der Waals surface area (Å²) >= 11 is 0. The van der Waals surface area contributed by atoms with Crippen molar-refractivity contribution < 1.29 is 28.8 Å². The van der Waals surface area contributed by atoms with Crippen LogP contribution < -0.4 is 32.3 Å². The Balaban J connectivity index is 2.48. The molecule has 4 atom stereocenters. The standard InChI is InChI=1S/C26H38N6O6/c1-5-17-22(35)31-20(16-9-7-6-8-10-16)24(37)28-14-13-26(4,32-21(34)15(2)3)25(38)30-18(23(36)29-17)11-12-19(27)33/h6-10,15,17-18,20H,5,11-14H2,1-4H3,(H2,27,33)(H,28,37)(H,29,36)(H,30,38)(H,31,35)(H,32,34)/t17-,18-,20+,26+/m0/s1. The second-order valence-corrected chi connectivity index (χ2v) is 9.87. The summed E-state index contributed by atoms with van der Waals surface area (Å²) < 4.78 is 0. The Morgan fingerprint density at radius 2 is 1.63 bits per heavy atom. The summed E-state index contributed by atoms with van der Waals surface area (Å²) in [7, 11) is 0. The average Bonchev–Trinajstić information content (AvgIpc) is 2.87. The van der Waals surface area contributed by atoms with E-state index in [0.29, 0.717) is 5.56 Å². The molecule has 0 aliphatic carbocycles. The molecule has 1 aliphatic rings. The van der Waals surface area contributed by atoms with E-state index in [1.54, 1.807) is 51.1 Å². The zero-order valence-corrected chi connectivity index (χ0v) is 22.3. The summed E-state index contributed by atoms with van der Waals surface area (Å²) in [5.41, 5.74) is 4.29. The Morgan fingerprint density at radius 3 is 2.21 bits per heavy atom. The van der Waals surface area contributed by atoms with Crippen LogP contribution in [0.3, 0.4) is 0 Å². The minimum Gasteiger partial charge on any atom is -0.370 e. The predicted molar refractivity (Wildman–Crippen MR) is 139 cm³/mol. The lowest BCUT2D eigenvalue weighted by Gasteiger charge is -2.33. The fourth-order valence-electron chi connectivity index (χ4n) is 3.87. The van der Waals surface area contributed by atoms with Gasteiger partial charge in [0.2, 0.25) is 35.4 Å². The summed E-state index contributed by atoms with van der Waals surface area (Å²) in [6, 6.07) is 5.32. The number of nitrogens with two attached hydrogens (primary N) is 1. The molecular formula is C26H38N6O6. The van der Waals surface area contributed by atoms with Crippen LogP contribution in [0.2, 0.25) is 0 Å². The van der Waals surface area contributed by atoms with Crippen molar-refractivity contribution in [3.8, 4) is 0 Å². The zero-order valence-electron chi connectivity index (χ0n) is 22.3. The summed E-state index contributed by atoms with van der Waals surface area (Å²) in [5, 5.41) is 13.4. The molecule has 0 aromatic heterocycles. The molecule has 38 heavy (non-hydrogen) atoms. The van der Waals surface area contributed by atoms with Gasteiger partial charge in [0.05, 0.1) is 0 Å². The molecule has 7 N–H and O–H groups in total. The molecule has 1 aromatic carbocycles. The SMILES string of the molecule is CC[C@@H]1NC(=O)[C@H](CCC(N)=O)NC(=O)[C@](C)(NC(=O)C(C)C)CCNC(=O)[C@@H](c2ccccc2)NC1=O. The van der Waals surface area contributed by atoms with Crippen molar-refractivity contribution in [2.75, 3.05) is 6.54 Å². The quantitative estimate of drug-likeness (QED) is 0.277. The summed E-state index contributed by atoms with van der Waals surface area (Å²) in [6.07, 6.45) is -0.120. The van der Waals surface area contributed by atoms with Gasteiger partial charge in [0.15, 0.2) is 0 Å². The van der Waals surface area contributed by atoms with E-state index in [-0.39, 0.29) is 32.2 Å². The van der Waals surface area contributed by atoms with Crippen molar-refractivity contribution in [2.45, 2.75) is 77.0 Å². The highest BCUT2D eigenvalue weighted by molar-refractivity contribution is 5.97. The number of primary amides is 1. The highest BCUT2D eigenvalue weighted by Crippen LogP contribution is 2.16. The van der Waals surface area contributed by atoms with Crippen LogP contribution >= 0.6 is 0 Å². The second kappa shape index (κ2) is 13.5. The Labute approximate surface area is 222 Å². The number of hydrogen-bond acceptors (Lipinski definition) is 6. The minimum absolute atomic E-state index is 0.0137. The van der Waals surface area contributed by atoms with Crippen molar-refractivity contribution in [2.24, 2.45) is 11.7 Å². The lowest BCUT2D eigenvalue weighted by atomic mass is 9.93. The van der Waals surface area contributed by atoms with Crippen LogP contribution in [0.15, 0.2) is 30.3 Å². The topological polar surface area (TPSA) is 189 Å².